The Bertz CT molecular complexity index is 262. The minimum absolute atomic E-state index is 0.465. The van der Waals surface area contributed by atoms with E-state index in [1.165, 1.54) is 6.92 Å². The molecule has 78 valence electrons. The molecule has 6 heteroatoms. The van der Waals surface area contributed by atoms with Gasteiger partial charge in [-0.25, -0.2) is 0 Å². The van der Waals surface area contributed by atoms with Gasteiger partial charge in [0.1, 0.15) is 12.6 Å². The lowest BCUT2D eigenvalue weighted by Gasteiger charge is -2.11. The summed E-state index contributed by atoms with van der Waals surface area (Å²) in [5, 5.41) is 12.7. The molecule has 0 rings (SSSR count). The summed E-state index contributed by atoms with van der Waals surface area (Å²) in [5.41, 5.74) is 0. The van der Waals surface area contributed by atoms with Crippen LogP contribution >= 0.6 is 0 Å². The highest BCUT2D eigenvalue weighted by molar-refractivity contribution is 5.93. The summed E-state index contributed by atoms with van der Waals surface area (Å²) in [6.07, 6.45) is 1.03. The van der Waals surface area contributed by atoms with E-state index in [1.54, 1.807) is 0 Å². The normalized spacial score (nSPS) is 11.2. The number of nitrogens with one attached hydrogen (secondary N) is 2. The van der Waals surface area contributed by atoms with Gasteiger partial charge in [0.25, 0.3) is 0 Å². The molecule has 0 heterocycles. The summed E-state index contributed by atoms with van der Waals surface area (Å²) in [6, 6.07) is -0.778. The van der Waals surface area contributed by atoms with Gasteiger partial charge in [0.15, 0.2) is 0 Å². The average molecular weight is 200 g/mol. The maximum absolute atomic E-state index is 11.1. The SMILES string of the molecule is C=CC(=O)NC(C)C(=O)NCC(=O)O. The number of rotatable bonds is 5. The van der Waals surface area contributed by atoms with E-state index in [0.717, 1.165) is 6.08 Å². The maximum atomic E-state index is 11.1. The largest absolute Gasteiger partial charge is 0.480 e. The van der Waals surface area contributed by atoms with Gasteiger partial charge in [-0.1, -0.05) is 6.58 Å². The first-order chi connectivity index (χ1) is 6.47. The monoisotopic (exact) mass is 200 g/mol. The second-order valence-corrected chi connectivity index (χ2v) is 2.55. The van der Waals surface area contributed by atoms with E-state index >= 15 is 0 Å². The lowest BCUT2D eigenvalue weighted by atomic mass is 10.3. The molecule has 0 radical (unpaired) electrons. The number of amides is 2. The van der Waals surface area contributed by atoms with Crippen molar-refractivity contribution in [3.8, 4) is 0 Å². The number of carboxylic acid groups (broad SMARTS) is 1. The van der Waals surface area contributed by atoms with Crippen molar-refractivity contribution in [3.63, 3.8) is 0 Å². The Morgan fingerprint density at radius 2 is 2.07 bits per heavy atom. The maximum Gasteiger partial charge on any atom is 0.322 e. The number of aliphatic carboxylic acids is 1. The van der Waals surface area contributed by atoms with Crippen molar-refractivity contribution >= 4 is 17.8 Å². The molecule has 0 aromatic rings. The van der Waals surface area contributed by atoms with Crippen LogP contribution in [0.1, 0.15) is 6.92 Å². The number of carboxylic acids is 1. The van der Waals surface area contributed by atoms with E-state index in [1.807, 2.05) is 0 Å². The van der Waals surface area contributed by atoms with Crippen molar-refractivity contribution in [2.75, 3.05) is 6.54 Å². The second kappa shape index (κ2) is 5.74. The van der Waals surface area contributed by atoms with Crippen LogP contribution in [0.25, 0.3) is 0 Å². The standard InChI is InChI=1S/C8H12N2O4/c1-3-6(11)10-5(2)8(14)9-4-7(12)13/h3,5H,1,4H2,2H3,(H,9,14)(H,10,11)(H,12,13). The molecule has 0 aliphatic heterocycles. The van der Waals surface area contributed by atoms with Crippen LogP contribution in [-0.2, 0) is 14.4 Å². The second-order valence-electron chi connectivity index (χ2n) is 2.55. The minimum Gasteiger partial charge on any atom is -0.480 e. The molecule has 0 aliphatic rings. The van der Waals surface area contributed by atoms with Crippen LogP contribution in [0.4, 0.5) is 0 Å². The Balaban J connectivity index is 3.93. The molecule has 0 aromatic carbocycles. The van der Waals surface area contributed by atoms with Crippen molar-refractivity contribution in [1.82, 2.24) is 10.6 Å². The van der Waals surface area contributed by atoms with Gasteiger partial charge in [-0.2, -0.15) is 0 Å². The molecule has 0 saturated carbocycles. The lowest BCUT2D eigenvalue weighted by Crippen LogP contribution is -2.45. The molecule has 6 nitrogen and oxygen atoms in total. The lowest BCUT2D eigenvalue weighted by molar-refractivity contribution is -0.138. The van der Waals surface area contributed by atoms with Gasteiger partial charge >= 0.3 is 5.97 Å². The molecule has 0 bridgehead atoms. The average Bonchev–Trinajstić information content (AvgIpc) is 2.13. The van der Waals surface area contributed by atoms with E-state index in [9.17, 15) is 14.4 Å². The van der Waals surface area contributed by atoms with Crippen molar-refractivity contribution < 1.29 is 19.5 Å². The number of hydrogen-bond donors (Lipinski definition) is 3. The Kier molecular flexibility index (Phi) is 4.98. The quantitative estimate of drug-likeness (QED) is 0.490. The van der Waals surface area contributed by atoms with Gasteiger partial charge in [-0.05, 0) is 13.0 Å². The minimum atomic E-state index is -1.14. The highest BCUT2D eigenvalue weighted by atomic mass is 16.4. The predicted molar refractivity (Wildman–Crippen MR) is 48.4 cm³/mol. The molecule has 0 spiro atoms. The van der Waals surface area contributed by atoms with Gasteiger partial charge in [0.2, 0.25) is 11.8 Å². The summed E-state index contributed by atoms with van der Waals surface area (Å²) in [7, 11) is 0. The third-order valence-electron chi connectivity index (χ3n) is 1.35. The molecule has 0 aromatic heterocycles. The van der Waals surface area contributed by atoms with Crippen LogP contribution in [0, 0.1) is 0 Å². The van der Waals surface area contributed by atoms with Crippen LogP contribution in [0.3, 0.4) is 0 Å². The molecule has 14 heavy (non-hydrogen) atoms. The van der Waals surface area contributed by atoms with Gasteiger partial charge in [-0.3, -0.25) is 14.4 Å². The summed E-state index contributed by atoms with van der Waals surface area (Å²) >= 11 is 0. The zero-order chi connectivity index (χ0) is 11.1. The fourth-order valence-electron chi connectivity index (χ4n) is 0.654. The first kappa shape index (κ1) is 12.2. The Morgan fingerprint density at radius 3 is 2.50 bits per heavy atom. The zero-order valence-corrected chi connectivity index (χ0v) is 7.74. The van der Waals surface area contributed by atoms with E-state index in [4.69, 9.17) is 5.11 Å². The van der Waals surface area contributed by atoms with Crippen LogP contribution in [0.15, 0.2) is 12.7 Å². The molecule has 3 N–H and O–H groups in total. The van der Waals surface area contributed by atoms with E-state index in [0.29, 0.717) is 0 Å². The number of carbonyl (C=O) groups excluding carboxylic acids is 2. The molecule has 0 saturated heterocycles. The van der Waals surface area contributed by atoms with Crippen molar-refractivity contribution in [2.45, 2.75) is 13.0 Å². The van der Waals surface area contributed by atoms with Crippen LogP contribution in [-0.4, -0.2) is 35.5 Å². The summed E-state index contributed by atoms with van der Waals surface area (Å²) < 4.78 is 0. The van der Waals surface area contributed by atoms with Crippen LogP contribution in [0.5, 0.6) is 0 Å². The molecule has 1 unspecified atom stereocenters. The van der Waals surface area contributed by atoms with Gasteiger partial charge in [0, 0.05) is 0 Å². The highest BCUT2D eigenvalue weighted by Crippen LogP contribution is 1.82. The molecule has 0 aliphatic carbocycles. The summed E-state index contributed by atoms with van der Waals surface area (Å²) in [5.74, 6) is -2.17. The predicted octanol–water partition coefficient (Wildman–Crippen LogP) is -1.12. The van der Waals surface area contributed by atoms with E-state index in [2.05, 4.69) is 17.2 Å². The Labute approximate surface area is 81.0 Å². The zero-order valence-electron chi connectivity index (χ0n) is 7.74. The first-order valence-corrected chi connectivity index (χ1v) is 3.89. The molecular weight excluding hydrogens is 188 g/mol. The van der Waals surface area contributed by atoms with Crippen LogP contribution < -0.4 is 10.6 Å². The molecule has 1 atom stereocenters. The fourth-order valence-corrected chi connectivity index (χ4v) is 0.654. The van der Waals surface area contributed by atoms with Gasteiger partial charge in [-0.15, -0.1) is 0 Å². The Morgan fingerprint density at radius 1 is 1.50 bits per heavy atom. The summed E-state index contributed by atoms with van der Waals surface area (Å²) in [6.45, 7) is 4.19. The third kappa shape index (κ3) is 4.91. The number of carbonyl (C=O) groups is 3. The van der Waals surface area contributed by atoms with Crippen molar-refractivity contribution in [2.24, 2.45) is 0 Å². The summed E-state index contributed by atoms with van der Waals surface area (Å²) in [4.78, 5) is 31.9. The molecule has 0 fully saturated rings. The molecular formula is C8H12N2O4. The van der Waals surface area contributed by atoms with Crippen molar-refractivity contribution in [3.05, 3.63) is 12.7 Å². The van der Waals surface area contributed by atoms with Gasteiger partial charge < -0.3 is 15.7 Å². The molecule has 2 amide bonds. The number of hydrogen-bond acceptors (Lipinski definition) is 3. The topological polar surface area (TPSA) is 95.5 Å². The fraction of sp³-hybridized carbons (Fsp3) is 0.375. The van der Waals surface area contributed by atoms with E-state index < -0.39 is 30.4 Å². The van der Waals surface area contributed by atoms with Crippen molar-refractivity contribution in [1.29, 1.82) is 0 Å². The van der Waals surface area contributed by atoms with Crippen LogP contribution in [0.2, 0.25) is 0 Å². The van der Waals surface area contributed by atoms with E-state index in [-0.39, 0.29) is 0 Å². The highest BCUT2D eigenvalue weighted by Gasteiger charge is 2.14. The first-order valence-electron chi connectivity index (χ1n) is 3.89. The van der Waals surface area contributed by atoms with Gasteiger partial charge in [0.05, 0.1) is 0 Å². The smallest absolute Gasteiger partial charge is 0.322 e. The third-order valence-corrected chi connectivity index (χ3v) is 1.35. The Hall–Kier alpha value is -1.85.